The van der Waals surface area contributed by atoms with Crippen LogP contribution in [0.3, 0.4) is 0 Å². The average Bonchev–Trinajstić information content (AvgIpc) is 2.53. The zero-order valence-electron chi connectivity index (χ0n) is 12.5. The number of benzene rings is 2. The summed E-state index contributed by atoms with van der Waals surface area (Å²) in [5, 5.41) is 19.8. The molecule has 0 heterocycles. The van der Waals surface area contributed by atoms with Crippen LogP contribution in [0.5, 0.6) is 0 Å². The molecular weight excluding hydrogens is 381 g/mol. The minimum absolute atomic E-state index is 0.121. The van der Waals surface area contributed by atoms with Gasteiger partial charge in [-0.1, -0.05) is 0 Å². The van der Waals surface area contributed by atoms with Crippen molar-refractivity contribution in [2.45, 2.75) is 11.1 Å². The van der Waals surface area contributed by atoms with E-state index in [4.69, 9.17) is 5.11 Å². The van der Waals surface area contributed by atoms with Gasteiger partial charge in [-0.2, -0.15) is 13.2 Å². The van der Waals surface area contributed by atoms with E-state index in [1.165, 1.54) is 0 Å². The van der Waals surface area contributed by atoms with E-state index in [1.54, 1.807) is 0 Å². The van der Waals surface area contributed by atoms with E-state index in [1.807, 2.05) is 4.72 Å². The normalized spacial score (nSPS) is 11.8. The van der Waals surface area contributed by atoms with Crippen molar-refractivity contribution in [1.82, 2.24) is 0 Å². The molecule has 0 saturated heterocycles. The van der Waals surface area contributed by atoms with Gasteiger partial charge >= 0.3 is 12.1 Å². The maximum absolute atomic E-state index is 12.7. The van der Waals surface area contributed by atoms with E-state index < -0.39 is 43.2 Å². The number of hydrogen-bond acceptors (Lipinski definition) is 5. The highest BCUT2D eigenvalue weighted by Gasteiger charge is 2.35. The summed E-state index contributed by atoms with van der Waals surface area (Å²) in [6.07, 6.45) is -4.88. The largest absolute Gasteiger partial charge is 0.478 e. The first-order valence-electron chi connectivity index (χ1n) is 6.63. The molecule has 0 radical (unpaired) electrons. The number of anilines is 1. The lowest BCUT2D eigenvalue weighted by atomic mass is 10.2. The molecule has 0 aliphatic heterocycles. The lowest BCUT2D eigenvalue weighted by Gasteiger charge is -2.11. The molecule has 0 amide bonds. The fourth-order valence-electron chi connectivity index (χ4n) is 1.95. The zero-order chi connectivity index (χ0) is 19.7. The third-order valence-corrected chi connectivity index (χ3v) is 4.59. The lowest BCUT2D eigenvalue weighted by Crippen LogP contribution is -2.16. The topological polar surface area (TPSA) is 127 Å². The number of alkyl halides is 3. The van der Waals surface area contributed by atoms with Gasteiger partial charge in [0.1, 0.15) is 0 Å². The summed E-state index contributed by atoms with van der Waals surface area (Å²) < 4.78 is 64.6. The van der Waals surface area contributed by atoms with Gasteiger partial charge in [0.25, 0.3) is 15.7 Å². The van der Waals surface area contributed by atoms with Gasteiger partial charge in [0, 0.05) is 11.8 Å². The van der Waals surface area contributed by atoms with Crippen molar-refractivity contribution in [2.75, 3.05) is 4.72 Å². The molecule has 26 heavy (non-hydrogen) atoms. The summed E-state index contributed by atoms with van der Waals surface area (Å²) in [4.78, 5) is 19.5. The molecule has 138 valence electrons. The van der Waals surface area contributed by atoms with E-state index in [9.17, 15) is 36.5 Å². The van der Waals surface area contributed by atoms with Gasteiger partial charge in [0.15, 0.2) is 4.90 Å². The predicted octanol–water partition coefficient (Wildman–Crippen LogP) is 3.11. The van der Waals surface area contributed by atoms with Crippen LogP contribution in [0.15, 0.2) is 47.4 Å². The van der Waals surface area contributed by atoms with Gasteiger partial charge in [0.05, 0.1) is 16.1 Å². The van der Waals surface area contributed by atoms with Crippen LogP contribution in [-0.4, -0.2) is 24.4 Å². The molecule has 2 rings (SSSR count). The number of carboxylic acid groups (broad SMARTS) is 1. The molecule has 0 bridgehead atoms. The first-order chi connectivity index (χ1) is 11.9. The Hall–Kier alpha value is -3.15. The first kappa shape index (κ1) is 19.2. The number of aromatic carboxylic acids is 1. The molecular formula is C14H9F3N2O6S. The zero-order valence-corrected chi connectivity index (χ0v) is 13.3. The van der Waals surface area contributed by atoms with Crippen LogP contribution in [0.25, 0.3) is 0 Å². The number of nitrogens with one attached hydrogen (secondary N) is 1. The Morgan fingerprint density at radius 2 is 1.69 bits per heavy atom. The van der Waals surface area contributed by atoms with E-state index in [0.717, 1.165) is 24.3 Å². The predicted molar refractivity (Wildman–Crippen MR) is 82.3 cm³/mol. The van der Waals surface area contributed by atoms with E-state index >= 15 is 0 Å². The average molecular weight is 390 g/mol. The third-order valence-electron chi connectivity index (χ3n) is 3.16. The Morgan fingerprint density at radius 1 is 1.12 bits per heavy atom. The molecule has 0 spiro atoms. The number of sulfonamides is 1. The number of carbonyl (C=O) groups is 1. The summed E-state index contributed by atoms with van der Waals surface area (Å²) >= 11 is 0. The maximum atomic E-state index is 12.7. The molecule has 0 aliphatic carbocycles. The number of nitro groups is 1. The first-order valence-corrected chi connectivity index (χ1v) is 8.12. The van der Waals surface area contributed by atoms with Crippen molar-refractivity contribution in [3.05, 3.63) is 63.7 Å². The van der Waals surface area contributed by atoms with Gasteiger partial charge in [-0.15, -0.1) is 0 Å². The van der Waals surface area contributed by atoms with Crippen molar-refractivity contribution in [1.29, 1.82) is 0 Å². The molecule has 8 nitrogen and oxygen atoms in total. The molecule has 0 atom stereocenters. The van der Waals surface area contributed by atoms with Crippen LogP contribution in [0, 0.1) is 10.1 Å². The second-order valence-electron chi connectivity index (χ2n) is 4.93. The molecule has 2 aromatic carbocycles. The Bertz CT molecular complexity index is 971. The third kappa shape index (κ3) is 4.08. The van der Waals surface area contributed by atoms with Crippen molar-refractivity contribution in [3.8, 4) is 0 Å². The Morgan fingerprint density at radius 3 is 2.15 bits per heavy atom. The number of rotatable bonds is 5. The number of nitro benzene ring substituents is 1. The minimum Gasteiger partial charge on any atom is -0.478 e. The number of halogens is 3. The number of hydrogen-bond donors (Lipinski definition) is 2. The van der Waals surface area contributed by atoms with E-state index in [0.29, 0.717) is 12.1 Å². The van der Waals surface area contributed by atoms with Gasteiger partial charge in [-0.05, 0) is 36.4 Å². The second kappa shape index (κ2) is 6.63. The van der Waals surface area contributed by atoms with Crippen molar-refractivity contribution >= 4 is 27.4 Å². The second-order valence-corrected chi connectivity index (χ2v) is 6.58. The monoisotopic (exact) mass is 390 g/mol. The van der Waals surface area contributed by atoms with Crippen LogP contribution in [-0.2, 0) is 16.2 Å². The highest BCUT2D eigenvalue weighted by Crippen LogP contribution is 2.35. The molecule has 0 aromatic heterocycles. The van der Waals surface area contributed by atoms with Gasteiger partial charge in [-0.3, -0.25) is 14.8 Å². The summed E-state index contributed by atoms with van der Waals surface area (Å²) in [5.41, 5.74) is -2.86. The van der Waals surface area contributed by atoms with E-state index in [-0.39, 0.29) is 17.3 Å². The van der Waals surface area contributed by atoms with E-state index in [2.05, 4.69) is 0 Å². The highest BCUT2D eigenvalue weighted by molar-refractivity contribution is 7.92. The lowest BCUT2D eigenvalue weighted by molar-refractivity contribution is -0.388. The summed E-state index contributed by atoms with van der Waals surface area (Å²) in [7, 11) is -4.59. The number of nitrogens with zero attached hydrogens (tertiary/aromatic N) is 1. The summed E-state index contributed by atoms with van der Waals surface area (Å²) in [6.45, 7) is 0. The fourth-order valence-corrected chi connectivity index (χ4v) is 3.17. The van der Waals surface area contributed by atoms with Crippen molar-refractivity contribution in [2.24, 2.45) is 0 Å². The molecule has 0 aliphatic rings. The molecule has 0 unspecified atom stereocenters. The Kier molecular flexibility index (Phi) is 4.89. The summed E-state index contributed by atoms with van der Waals surface area (Å²) in [5.74, 6) is -1.25. The number of carboxylic acids is 1. The fraction of sp³-hybridized carbons (Fsp3) is 0.0714. The van der Waals surface area contributed by atoms with Crippen molar-refractivity contribution in [3.63, 3.8) is 0 Å². The van der Waals surface area contributed by atoms with Crippen LogP contribution < -0.4 is 4.72 Å². The highest BCUT2D eigenvalue weighted by atomic mass is 32.2. The van der Waals surface area contributed by atoms with Crippen LogP contribution in [0.2, 0.25) is 0 Å². The summed E-state index contributed by atoms with van der Waals surface area (Å²) in [6, 6.07) is 5.38. The van der Waals surface area contributed by atoms with Crippen LogP contribution in [0.1, 0.15) is 15.9 Å². The maximum Gasteiger partial charge on any atom is 0.416 e. The quantitative estimate of drug-likeness (QED) is 0.597. The van der Waals surface area contributed by atoms with Gasteiger partial charge < -0.3 is 5.11 Å². The van der Waals surface area contributed by atoms with Gasteiger partial charge in [0.2, 0.25) is 0 Å². The molecule has 0 saturated carbocycles. The molecule has 12 heteroatoms. The minimum atomic E-state index is -4.88. The Labute approximate surface area is 144 Å². The Balaban J connectivity index is 2.45. The molecule has 0 fully saturated rings. The van der Waals surface area contributed by atoms with Crippen LogP contribution >= 0.6 is 0 Å². The standard InChI is InChI=1S/C14H9F3N2O6S/c15-14(16,17)9-3-6-12(11(7-9)19(22)23)26(24,25)18-10-4-1-8(2-5-10)13(20)21/h1-7,18H,(H,20,21). The molecule has 2 N–H and O–H groups in total. The SMILES string of the molecule is O=C(O)c1ccc(NS(=O)(=O)c2ccc(C(F)(F)F)cc2[N+](=O)[O-])cc1. The van der Waals surface area contributed by atoms with Gasteiger partial charge in [-0.25, -0.2) is 13.2 Å². The molecule has 2 aromatic rings. The van der Waals surface area contributed by atoms with Crippen LogP contribution in [0.4, 0.5) is 24.5 Å². The van der Waals surface area contributed by atoms with Crippen molar-refractivity contribution < 1.29 is 36.4 Å². The smallest absolute Gasteiger partial charge is 0.416 e.